The fourth-order valence-corrected chi connectivity index (χ4v) is 3.52. The molecule has 1 saturated heterocycles. The molecule has 0 bridgehead atoms. The van der Waals surface area contributed by atoms with Crippen LogP contribution in [0.4, 0.5) is 0 Å². The lowest BCUT2D eigenvalue weighted by Crippen LogP contribution is -2.32. The van der Waals surface area contributed by atoms with E-state index in [1.165, 1.54) is 12.0 Å². The quantitative estimate of drug-likeness (QED) is 0.856. The molecule has 1 unspecified atom stereocenters. The molecule has 24 heavy (non-hydrogen) atoms. The van der Waals surface area contributed by atoms with Crippen molar-refractivity contribution >= 4 is 5.91 Å². The maximum absolute atomic E-state index is 12.4. The smallest absolute Gasteiger partial charge is 0.251 e. The Hall–Kier alpha value is -2.14. The summed E-state index contributed by atoms with van der Waals surface area (Å²) in [5, 5.41) is 10.8. The highest BCUT2D eigenvalue weighted by Gasteiger charge is 2.43. The number of hydrogen-bond donors (Lipinski definition) is 2. The molecule has 1 aliphatic heterocycles. The first-order chi connectivity index (χ1) is 11.7. The zero-order valence-corrected chi connectivity index (χ0v) is 13.9. The van der Waals surface area contributed by atoms with E-state index in [0.717, 1.165) is 44.6 Å². The van der Waals surface area contributed by atoms with Crippen LogP contribution in [0.25, 0.3) is 0 Å². The second kappa shape index (κ2) is 6.40. The van der Waals surface area contributed by atoms with Crippen molar-refractivity contribution in [2.45, 2.75) is 31.7 Å². The number of carbonyl (C=O) groups excluding carboxylic acids is 1. The summed E-state index contributed by atoms with van der Waals surface area (Å²) in [4.78, 5) is 12.4. The minimum Gasteiger partial charge on any atom is -0.351 e. The molecule has 126 valence electrons. The summed E-state index contributed by atoms with van der Waals surface area (Å²) in [6, 6.07) is 10.1. The molecule has 2 N–H and O–H groups in total. The number of nitrogens with one attached hydrogen (secondary N) is 2. The van der Waals surface area contributed by atoms with Gasteiger partial charge in [-0.05, 0) is 55.5 Å². The molecule has 5 nitrogen and oxygen atoms in total. The molecule has 1 saturated carbocycles. The van der Waals surface area contributed by atoms with Crippen LogP contribution < -0.4 is 10.6 Å². The first-order valence-electron chi connectivity index (χ1n) is 8.80. The van der Waals surface area contributed by atoms with E-state index in [1.54, 1.807) is 6.20 Å². The van der Waals surface area contributed by atoms with Crippen molar-refractivity contribution in [2.75, 3.05) is 19.6 Å². The van der Waals surface area contributed by atoms with Crippen LogP contribution in [0.15, 0.2) is 42.7 Å². The Kier molecular flexibility index (Phi) is 4.10. The lowest BCUT2D eigenvalue weighted by Gasteiger charge is -2.16. The first kappa shape index (κ1) is 15.4. The second-order valence-electron chi connectivity index (χ2n) is 7.20. The topological polar surface area (TPSA) is 59.0 Å². The molecule has 0 spiro atoms. The van der Waals surface area contributed by atoms with E-state index < -0.39 is 0 Å². The third kappa shape index (κ3) is 3.36. The Labute approximate surface area is 142 Å². The predicted molar refractivity (Wildman–Crippen MR) is 92.9 cm³/mol. The third-order valence-electron chi connectivity index (χ3n) is 5.34. The number of nitrogens with zero attached hydrogens (tertiary/aromatic N) is 2. The molecular formula is C19H24N4O. The molecule has 1 amide bonds. The Morgan fingerprint density at radius 2 is 2.17 bits per heavy atom. The van der Waals surface area contributed by atoms with Gasteiger partial charge >= 0.3 is 0 Å². The van der Waals surface area contributed by atoms with Crippen LogP contribution in [-0.2, 0) is 6.54 Å². The molecule has 0 radical (unpaired) electrons. The average molecular weight is 324 g/mol. The van der Waals surface area contributed by atoms with Gasteiger partial charge < -0.3 is 10.6 Å². The van der Waals surface area contributed by atoms with Gasteiger partial charge in [0.15, 0.2) is 0 Å². The summed E-state index contributed by atoms with van der Waals surface area (Å²) >= 11 is 0. The van der Waals surface area contributed by atoms with E-state index in [4.69, 9.17) is 0 Å². The largest absolute Gasteiger partial charge is 0.351 e. The zero-order chi connectivity index (χ0) is 16.4. The van der Waals surface area contributed by atoms with Crippen molar-refractivity contribution in [1.29, 1.82) is 0 Å². The van der Waals surface area contributed by atoms with E-state index in [-0.39, 0.29) is 11.3 Å². The Bertz CT molecular complexity index is 683. The van der Waals surface area contributed by atoms with Crippen LogP contribution in [0.5, 0.6) is 0 Å². The Morgan fingerprint density at radius 1 is 1.33 bits per heavy atom. The highest BCUT2D eigenvalue weighted by atomic mass is 16.1. The van der Waals surface area contributed by atoms with Gasteiger partial charge in [-0.3, -0.25) is 9.48 Å². The van der Waals surface area contributed by atoms with Gasteiger partial charge in [0.25, 0.3) is 5.91 Å². The predicted octanol–water partition coefficient (Wildman–Crippen LogP) is 2.17. The van der Waals surface area contributed by atoms with Crippen molar-refractivity contribution in [3.8, 4) is 0 Å². The normalized spacial score (nSPS) is 21.6. The standard InChI is InChI=1S/C19H24N4O/c24-18(16-4-2-15(3-5-16)17-6-10-20-12-17)21-13-19(7-8-19)14-23-11-1-9-22-23/h1-5,9,11,17,20H,6-8,10,12-14H2,(H,21,24). The Balaban J connectivity index is 1.33. The van der Waals surface area contributed by atoms with Crippen molar-refractivity contribution in [1.82, 2.24) is 20.4 Å². The molecule has 1 aromatic heterocycles. The minimum absolute atomic E-state index is 0.0258. The van der Waals surface area contributed by atoms with Crippen LogP contribution in [0.2, 0.25) is 0 Å². The van der Waals surface area contributed by atoms with Crippen molar-refractivity contribution in [3.63, 3.8) is 0 Å². The third-order valence-corrected chi connectivity index (χ3v) is 5.34. The lowest BCUT2D eigenvalue weighted by molar-refractivity contribution is 0.0942. The van der Waals surface area contributed by atoms with Gasteiger partial charge in [0.1, 0.15) is 0 Å². The number of benzene rings is 1. The van der Waals surface area contributed by atoms with Crippen molar-refractivity contribution < 1.29 is 4.79 Å². The molecule has 2 aromatic rings. The van der Waals surface area contributed by atoms with E-state index in [1.807, 2.05) is 29.1 Å². The number of carbonyl (C=O) groups is 1. The highest BCUT2D eigenvalue weighted by Crippen LogP contribution is 2.46. The summed E-state index contributed by atoms with van der Waals surface area (Å²) in [6.07, 6.45) is 7.28. The second-order valence-corrected chi connectivity index (χ2v) is 7.20. The molecular weight excluding hydrogens is 300 g/mol. The molecule has 1 atom stereocenters. The van der Waals surface area contributed by atoms with Gasteiger partial charge in [-0.2, -0.15) is 5.10 Å². The fourth-order valence-electron chi connectivity index (χ4n) is 3.52. The molecule has 2 fully saturated rings. The van der Waals surface area contributed by atoms with E-state index in [9.17, 15) is 4.79 Å². The van der Waals surface area contributed by atoms with Crippen LogP contribution >= 0.6 is 0 Å². The summed E-state index contributed by atoms with van der Waals surface area (Å²) in [7, 11) is 0. The maximum Gasteiger partial charge on any atom is 0.251 e. The fraction of sp³-hybridized carbons (Fsp3) is 0.474. The summed E-state index contributed by atoms with van der Waals surface area (Å²) in [6.45, 7) is 3.74. The summed E-state index contributed by atoms with van der Waals surface area (Å²) in [5.74, 6) is 0.615. The minimum atomic E-state index is 0.0258. The van der Waals surface area contributed by atoms with Gasteiger partial charge in [-0.25, -0.2) is 0 Å². The Morgan fingerprint density at radius 3 is 2.79 bits per heavy atom. The van der Waals surface area contributed by atoms with Crippen molar-refractivity contribution in [3.05, 3.63) is 53.9 Å². The maximum atomic E-state index is 12.4. The molecule has 2 aliphatic rings. The molecule has 4 rings (SSSR count). The summed E-state index contributed by atoms with van der Waals surface area (Å²) < 4.78 is 1.96. The number of hydrogen-bond acceptors (Lipinski definition) is 3. The summed E-state index contributed by atoms with van der Waals surface area (Å²) in [5.41, 5.74) is 2.27. The van der Waals surface area contributed by atoms with Gasteiger partial charge in [0.2, 0.25) is 0 Å². The van der Waals surface area contributed by atoms with Gasteiger partial charge in [0, 0.05) is 43.0 Å². The number of amides is 1. The average Bonchev–Trinajstić information content (AvgIpc) is 3.01. The molecule has 5 heteroatoms. The number of aromatic nitrogens is 2. The van der Waals surface area contributed by atoms with Gasteiger partial charge in [-0.1, -0.05) is 12.1 Å². The SMILES string of the molecule is O=C(NCC1(Cn2cccn2)CC1)c1ccc(C2CCNC2)cc1. The molecule has 1 aliphatic carbocycles. The number of rotatable bonds is 6. The zero-order valence-electron chi connectivity index (χ0n) is 13.9. The van der Waals surface area contributed by atoms with Crippen LogP contribution in [0, 0.1) is 5.41 Å². The van der Waals surface area contributed by atoms with Crippen LogP contribution in [-0.4, -0.2) is 35.3 Å². The highest BCUT2D eigenvalue weighted by molar-refractivity contribution is 5.94. The van der Waals surface area contributed by atoms with Crippen LogP contribution in [0.1, 0.15) is 41.1 Å². The van der Waals surface area contributed by atoms with Crippen molar-refractivity contribution in [2.24, 2.45) is 5.41 Å². The van der Waals surface area contributed by atoms with E-state index in [0.29, 0.717) is 5.92 Å². The lowest BCUT2D eigenvalue weighted by atomic mass is 9.97. The van der Waals surface area contributed by atoms with Gasteiger partial charge in [0.05, 0.1) is 0 Å². The van der Waals surface area contributed by atoms with E-state index >= 15 is 0 Å². The van der Waals surface area contributed by atoms with E-state index in [2.05, 4.69) is 27.9 Å². The first-order valence-corrected chi connectivity index (χ1v) is 8.80. The molecule has 1 aromatic carbocycles. The van der Waals surface area contributed by atoms with Crippen LogP contribution in [0.3, 0.4) is 0 Å². The molecule has 2 heterocycles. The monoisotopic (exact) mass is 324 g/mol. The van der Waals surface area contributed by atoms with Gasteiger partial charge in [-0.15, -0.1) is 0 Å².